The van der Waals surface area contributed by atoms with Crippen LogP contribution >= 0.6 is 0 Å². The Hall–Kier alpha value is -1.31. The summed E-state index contributed by atoms with van der Waals surface area (Å²) in [6, 6.07) is 9.33. The topological polar surface area (TPSA) is 29.1 Å². The molecule has 0 fully saturated rings. The lowest BCUT2D eigenvalue weighted by atomic mass is 9.98. The molecule has 1 N–H and O–H groups in total. The molecule has 0 spiro atoms. The number of hydrogen-bond acceptors (Lipinski definition) is 1. The molecular formula is C13H19NO. The molecule has 0 aliphatic heterocycles. The maximum atomic E-state index is 11.8. The van der Waals surface area contributed by atoms with Gasteiger partial charge in [-0.25, -0.2) is 0 Å². The molecular weight excluding hydrogens is 186 g/mol. The van der Waals surface area contributed by atoms with E-state index in [0.717, 1.165) is 18.4 Å². The van der Waals surface area contributed by atoms with Crippen LogP contribution in [0, 0.1) is 0 Å². The van der Waals surface area contributed by atoms with Crippen LogP contribution in [0.4, 0.5) is 0 Å². The van der Waals surface area contributed by atoms with Gasteiger partial charge in [0.05, 0.1) is 0 Å². The highest BCUT2D eigenvalue weighted by Gasteiger charge is 2.19. The van der Waals surface area contributed by atoms with Crippen LogP contribution in [0.5, 0.6) is 0 Å². The fourth-order valence-electron chi connectivity index (χ4n) is 1.66. The molecule has 0 aliphatic rings. The zero-order chi connectivity index (χ0) is 11.3. The summed E-state index contributed by atoms with van der Waals surface area (Å²) in [5.74, 6) is 0.00838. The highest BCUT2D eigenvalue weighted by atomic mass is 16.1. The van der Waals surface area contributed by atoms with Crippen LogP contribution in [0.1, 0.15) is 44.0 Å². The Morgan fingerprint density at radius 2 is 1.87 bits per heavy atom. The molecule has 0 heterocycles. The van der Waals surface area contributed by atoms with Crippen LogP contribution in [-0.2, 0) is 0 Å². The van der Waals surface area contributed by atoms with Crippen molar-refractivity contribution in [1.82, 2.24) is 5.32 Å². The predicted octanol–water partition coefficient (Wildman–Crippen LogP) is 3.00. The highest BCUT2D eigenvalue weighted by molar-refractivity contribution is 5.94. The van der Waals surface area contributed by atoms with Crippen molar-refractivity contribution in [2.45, 2.75) is 39.2 Å². The number of hydrogen-bond donors (Lipinski definition) is 1. The largest absolute Gasteiger partial charge is 0.347 e. The standard InChI is InChI=1S/C13H19NO/c1-4-10-13(2,3)14-12(15)11-8-6-5-7-9-11/h5-9H,4,10H2,1-3H3,(H,14,15). The molecule has 1 rings (SSSR count). The Morgan fingerprint density at radius 3 is 2.40 bits per heavy atom. The van der Waals surface area contributed by atoms with Gasteiger partial charge in [0.2, 0.25) is 0 Å². The van der Waals surface area contributed by atoms with Crippen molar-refractivity contribution < 1.29 is 4.79 Å². The second-order valence-electron chi connectivity index (χ2n) is 4.45. The van der Waals surface area contributed by atoms with E-state index in [-0.39, 0.29) is 11.4 Å². The number of nitrogens with one attached hydrogen (secondary N) is 1. The predicted molar refractivity (Wildman–Crippen MR) is 62.9 cm³/mol. The average molecular weight is 205 g/mol. The highest BCUT2D eigenvalue weighted by Crippen LogP contribution is 2.12. The van der Waals surface area contributed by atoms with E-state index in [2.05, 4.69) is 26.1 Å². The van der Waals surface area contributed by atoms with Crippen molar-refractivity contribution in [2.24, 2.45) is 0 Å². The molecule has 0 saturated heterocycles. The fourth-order valence-corrected chi connectivity index (χ4v) is 1.66. The summed E-state index contributed by atoms with van der Waals surface area (Å²) in [7, 11) is 0. The molecule has 2 heteroatoms. The Morgan fingerprint density at radius 1 is 1.27 bits per heavy atom. The minimum absolute atomic E-state index is 0.00838. The number of carbonyl (C=O) groups excluding carboxylic acids is 1. The van der Waals surface area contributed by atoms with Gasteiger partial charge in [0.15, 0.2) is 0 Å². The molecule has 0 radical (unpaired) electrons. The van der Waals surface area contributed by atoms with Crippen molar-refractivity contribution in [2.75, 3.05) is 0 Å². The van der Waals surface area contributed by atoms with Crippen molar-refractivity contribution in [1.29, 1.82) is 0 Å². The molecule has 1 aromatic carbocycles. The summed E-state index contributed by atoms with van der Waals surface area (Å²) in [6.07, 6.45) is 2.06. The SMILES string of the molecule is CCCC(C)(C)NC(=O)c1ccccc1. The molecule has 0 bridgehead atoms. The normalized spacial score (nSPS) is 11.1. The van der Waals surface area contributed by atoms with Crippen LogP contribution in [-0.4, -0.2) is 11.4 Å². The second-order valence-corrected chi connectivity index (χ2v) is 4.45. The first-order valence-corrected chi connectivity index (χ1v) is 5.43. The van der Waals surface area contributed by atoms with Crippen LogP contribution in [0.3, 0.4) is 0 Å². The number of benzene rings is 1. The Bertz CT molecular complexity index is 317. The molecule has 0 aromatic heterocycles. The van der Waals surface area contributed by atoms with Crippen molar-refractivity contribution in [3.05, 3.63) is 35.9 Å². The zero-order valence-electron chi connectivity index (χ0n) is 9.71. The lowest BCUT2D eigenvalue weighted by Crippen LogP contribution is -2.43. The molecule has 2 nitrogen and oxygen atoms in total. The van der Waals surface area contributed by atoms with Crippen LogP contribution in [0.25, 0.3) is 0 Å². The number of rotatable bonds is 4. The third-order valence-electron chi connectivity index (χ3n) is 2.36. The molecule has 0 unspecified atom stereocenters. The molecule has 1 amide bonds. The van der Waals surface area contributed by atoms with Gasteiger partial charge in [-0.15, -0.1) is 0 Å². The molecule has 1 aromatic rings. The lowest BCUT2D eigenvalue weighted by Gasteiger charge is -2.25. The number of carbonyl (C=O) groups is 1. The van der Waals surface area contributed by atoms with Gasteiger partial charge in [0, 0.05) is 11.1 Å². The maximum Gasteiger partial charge on any atom is 0.251 e. The lowest BCUT2D eigenvalue weighted by molar-refractivity contribution is 0.0909. The summed E-state index contributed by atoms with van der Waals surface area (Å²) in [5.41, 5.74) is 0.600. The van der Waals surface area contributed by atoms with E-state index in [1.165, 1.54) is 0 Å². The summed E-state index contributed by atoms with van der Waals surface area (Å²) in [4.78, 5) is 11.8. The van der Waals surface area contributed by atoms with Crippen molar-refractivity contribution in [3.8, 4) is 0 Å². The monoisotopic (exact) mass is 205 g/mol. The minimum atomic E-state index is -0.123. The Labute approximate surface area is 91.7 Å². The number of amides is 1. The van der Waals surface area contributed by atoms with E-state index in [4.69, 9.17) is 0 Å². The summed E-state index contributed by atoms with van der Waals surface area (Å²) < 4.78 is 0. The van der Waals surface area contributed by atoms with Gasteiger partial charge in [-0.05, 0) is 32.4 Å². The van der Waals surface area contributed by atoms with Gasteiger partial charge in [-0.3, -0.25) is 4.79 Å². The quantitative estimate of drug-likeness (QED) is 0.804. The third kappa shape index (κ3) is 3.74. The van der Waals surface area contributed by atoms with E-state index < -0.39 is 0 Å². The summed E-state index contributed by atoms with van der Waals surface area (Å²) in [5, 5.41) is 3.03. The van der Waals surface area contributed by atoms with Crippen molar-refractivity contribution in [3.63, 3.8) is 0 Å². The second kappa shape index (κ2) is 4.96. The summed E-state index contributed by atoms with van der Waals surface area (Å²) >= 11 is 0. The van der Waals surface area contributed by atoms with Gasteiger partial charge in [0.1, 0.15) is 0 Å². The van der Waals surface area contributed by atoms with Crippen LogP contribution in [0.15, 0.2) is 30.3 Å². The smallest absolute Gasteiger partial charge is 0.251 e. The Balaban J connectivity index is 2.64. The molecule has 15 heavy (non-hydrogen) atoms. The van der Waals surface area contributed by atoms with Gasteiger partial charge in [0.25, 0.3) is 5.91 Å². The fraction of sp³-hybridized carbons (Fsp3) is 0.462. The third-order valence-corrected chi connectivity index (χ3v) is 2.36. The minimum Gasteiger partial charge on any atom is -0.347 e. The first kappa shape index (κ1) is 11.8. The van der Waals surface area contributed by atoms with Crippen LogP contribution < -0.4 is 5.32 Å². The van der Waals surface area contributed by atoms with Gasteiger partial charge < -0.3 is 5.32 Å². The van der Waals surface area contributed by atoms with E-state index in [0.29, 0.717) is 0 Å². The average Bonchev–Trinajstić information content (AvgIpc) is 2.18. The molecule has 0 aliphatic carbocycles. The van der Waals surface area contributed by atoms with E-state index in [9.17, 15) is 4.79 Å². The van der Waals surface area contributed by atoms with E-state index >= 15 is 0 Å². The molecule has 0 saturated carbocycles. The van der Waals surface area contributed by atoms with Crippen LogP contribution in [0.2, 0.25) is 0 Å². The van der Waals surface area contributed by atoms with Crippen molar-refractivity contribution >= 4 is 5.91 Å². The first-order valence-electron chi connectivity index (χ1n) is 5.43. The summed E-state index contributed by atoms with van der Waals surface area (Å²) in [6.45, 7) is 6.23. The van der Waals surface area contributed by atoms with Gasteiger partial charge >= 0.3 is 0 Å². The molecule has 0 atom stereocenters. The van der Waals surface area contributed by atoms with Gasteiger partial charge in [-0.1, -0.05) is 31.5 Å². The van der Waals surface area contributed by atoms with E-state index in [1.807, 2.05) is 30.3 Å². The van der Waals surface area contributed by atoms with Gasteiger partial charge in [-0.2, -0.15) is 0 Å². The van der Waals surface area contributed by atoms with E-state index in [1.54, 1.807) is 0 Å². The molecule has 82 valence electrons. The Kier molecular flexibility index (Phi) is 3.89. The zero-order valence-corrected chi connectivity index (χ0v) is 9.71. The maximum absolute atomic E-state index is 11.8. The first-order chi connectivity index (χ1) is 7.05.